The van der Waals surface area contributed by atoms with Gasteiger partial charge in [-0.05, 0) is 12.1 Å². The van der Waals surface area contributed by atoms with Gasteiger partial charge in [-0.3, -0.25) is 9.13 Å². The number of nitrogens with zero attached hydrogens (tertiary/aromatic N) is 4. The Morgan fingerprint density at radius 3 is 1.87 bits per heavy atom. The molecule has 0 radical (unpaired) electrons. The largest absolute Gasteiger partial charge is 0.426 e. The molecule has 2 aliphatic heterocycles. The first-order valence-corrected chi connectivity index (χ1v) is 11.7. The summed E-state index contributed by atoms with van der Waals surface area (Å²) in [5.74, 6) is -0.0519. The van der Waals surface area contributed by atoms with E-state index < -0.39 is 81.5 Å². The molecular formula is C18H23F2N6O11P. The summed E-state index contributed by atoms with van der Waals surface area (Å²) in [5, 5.41) is 28.1. The molecule has 8 atom stereocenters. The standard InChI is InChI=1S/C9H11FN3O7P.C9H12FN3O4/c10-4-5(14)6(13-2-1-3(11)12-8(13)15)19-7(4)20-9(16)21(17)18;10-6-4(3-14)17-8(7(6)15)13-2-1-5(11)12-9(13)16/h1-2,4-7,14,17-18H,(H2,11,12,15);1-2,4,6-8,14-15H,3H2,(H2,11,12,16)/t4-,5-,6-,7-;4-,6+,7-,8-/m11/s1. The zero-order valence-electron chi connectivity index (χ0n) is 19.0. The topological polar surface area (TPSA) is 268 Å². The van der Waals surface area contributed by atoms with Crippen molar-refractivity contribution in [3.8, 4) is 0 Å². The number of hydrogen-bond donors (Lipinski definition) is 7. The van der Waals surface area contributed by atoms with Gasteiger partial charge in [0, 0.05) is 12.4 Å². The van der Waals surface area contributed by atoms with E-state index in [1.165, 1.54) is 18.3 Å². The fraction of sp³-hybridized carbons (Fsp3) is 0.500. The number of halogens is 2. The third-order valence-electron chi connectivity index (χ3n) is 5.25. The summed E-state index contributed by atoms with van der Waals surface area (Å²) in [7, 11) is -3.08. The van der Waals surface area contributed by atoms with Gasteiger partial charge in [0.05, 0.1) is 6.61 Å². The first kappa shape index (κ1) is 29.4. The van der Waals surface area contributed by atoms with Gasteiger partial charge in [-0.1, -0.05) is 0 Å². The molecule has 9 N–H and O–H groups in total. The van der Waals surface area contributed by atoms with E-state index in [0.29, 0.717) is 0 Å². The number of hydrogen-bond acceptors (Lipinski definition) is 15. The van der Waals surface area contributed by atoms with Crippen molar-refractivity contribution in [2.24, 2.45) is 0 Å². The lowest BCUT2D eigenvalue weighted by molar-refractivity contribution is -0.131. The normalized spacial score (nSPS) is 30.6. The molecule has 0 aliphatic carbocycles. The van der Waals surface area contributed by atoms with Crippen molar-refractivity contribution in [2.45, 2.75) is 49.4 Å². The van der Waals surface area contributed by atoms with E-state index in [1.807, 2.05) is 0 Å². The molecule has 0 saturated carbocycles. The van der Waals surface area contributed by atoms with Gasteiger partial charge in [0.25, 0.3) is 8.38 Å². The van der Waals surface area contributed by atoms with Crippen LogP contribution in [0.3, 0.4) is 0 Å². The maximum absolute atomic E-state index is 13.8. The quantitative estimate of drug-likeness (QED) is 0.180. The van der Waals surface area contributed by atoms with E-state index >= 15 is 0 Å². The van der Waals surface area contributed by atoms with Crippen LogP contribution in [-0.4, -0.2) is 93.5 Å². The Hall–Kier alpha value is -3.16. The second-order valence-electron chi connectivity index (χ2n) is 7.77. The Kier molecular flexibility index (Phi) is 9.39. The number of ether oxygens (including phenoxy) is 3. The van der Waals surface area contributed by atoms with Gasteiger partial charge in [-0.25, -0.2) is 23.2 Å². The molecule has 210 valence electrons. The minimum atomic E-state index is -3.08. The van der Waals surface area contributed by atoms with Crippen molar-refractivity contribution >= 4 is 25.7 Å². The minimum absolute atomic E-state index is 0.0224. The molecular weight excluding hydrogens is 545 g/mol. The maximum Gasteiger partial charge on any atom is 0.386 e. The molecule has 2 saturated heterocycles. The van der Waals surface area contributed by atoms with Gasteiger partial charge in [0.1, 0.15) is 29.9 Å². The molecule has 17 nitrogen and oxygen atoms in total. The van der Waals surface area contributed by atoms with Crippen molar-refractivity contribution in [3.63, 3.8) is 0 Å². The molecule has 4 heterocycles. The molecule has 0 unspecified atom stereocenters. The SMILES string of the molecule is Nc1ccn([C@@H]2O[C@H](CO)[C@H](F)[C@H]2O)c(=O)n1.Nc1ccn([C@@H]2O[C@H](OC(=O)P(O)O)[C@H](F)[C@H]2O)c(=O)n1. The Labute approximate surface area is 211 Å². The van der Waals surface area contributed by atoms with E-state index in [0.717, 1.165) is 15.3 Å². The van der Waals surface area contributed by atoms with Gasteiger partial charge in [-0.2, -0.15) is 9.97 Å². The smallest absolute Gasteiger partial charge is 0.386 e. The number of aliphatic hydroxyl groups excluding tert-OH is 3. The second-order valence-corrected chi connectivity index (χ2v) is 8.71. The molecule has 2 aromatic heterocycles. The monoisotopic (exact) mass is 568 g/mol. The van der Waals surface area contributed by atoms with Gasteiger partial charge >= 0.3 is 17.1 Å². The maximum atomic E-state index is 13.8. The number of aromatic nitrogens is 4. The molecule has 2 fully saturated rings. The summed E-state index contributed by atoms with van der Waals surface area (Å²) in [6, 6.07) is 2.56. The molecule has 2 aliphatic rings. The number of alkyl halides is 2. The van der Waals surface area contributed by atoms with Crippen LogP contribution in [0.25, 0.3) is 0 Å². The minimum Gasteiger partial charge on any atom is -0.426 e. The summed E-state index contributed by atoms with van der Waals surface area (Å²) < 4.78 is 43.2. The summed E-state index contributed by atoms with van der Waals surface area (Å²) in [6.07, 6.45) is -10.7. The Morgan fingerprint density at radius 1 is 0.974 bits per heavy atom. The Morgan fingerprint density at radius 2 is 1.45 bits per heavy atom. The molecule has 0 amide bonds. The highest BCUT2D eigenvalue weighted by atomic mass is 31.2. The third-order valence-corrected chi connectivity index (χ3v) is 5.68. The summed E-state index contributed by atoms with van der Waals surface area (Å²) >= 11 is 0. The fourth-order valence-electron chi connectivity index (χ4n) is 3.41. The highest BCUT2D eigenvalue weighted by Gasteiger charge is 2.48. The molecule has 2 aromatic rings. The molecule has 0 bridgehead atoms. The van der Waals surface area contributed by atoms with Crippen LogP contribution < -0.4 is 22.8 Å². The van der Waals surface area contributed by atoms with Crippen molar-refractivity contribution in [1.82, 2.24) is 19.1 Å². The number of anilines is 2. The number of nitrogen functional groups attached to an aromatic ring is 2. The molecule has 38 heavy (non-hydrogen) atoms. The van der Waals surface area contributed by atoms with Crippen LogP contribution in [-0.2, 0) is 14.2 Å². The lowest BCUT2D eigenvalue weighted by Crippen LogP contribution is -2.34. The van der Waals surface area contributed by atoms with Crippen LogP contribution in [0.15, 0.2) is 34.1 Å². The molecule has 20 heteroatoms. The number of rotatable bonds is 5. The second kappa shape index (κ2) is 12.1. The zero-order valence-corrected chi connectivity index (χ0v) is 19.9. The Balaban J connectivity index is 0.000000215. The number of nitrogens with two attached hydrogens (primary N) is 2. The van der Waals surface area contributed by atoms with E-state index in [2.05, 4.69) is 14.7 Å². The van der Waals surface area contributed by atoms with Crippen LogP contribution in [0.5, 0.6) is 0 Å². The van der Waals surface area contributed by atoms with Gasteiger partial charge < -0.3 is 50.8 Å². The molecule has 0 aromatic carbocycles. The highest BCUT2D eigenvalue weighted by molar-refractivity contribution is 7.63. The number of aliphatic hydroxyl groups is 3. The van der Waals surface area contributed by atoms with Crippen molar-refractivity contribution in [2.75, 3.05) is 18.1 Å². The molecule has 4 rings (SSSR count). The van der Waals surface area contributed by atoms with Crippen LogP contribution in [0.4, 0.5) is 25.2 Å². The first-order chi connectivity index (χ1) is 17.8. The summed E-state index contributed by atoms with van der Waals surface area (Å²) in [5.41, 5.74) is 7.45. The van der Waals surface area contributed by atoms with Gasteiger partial charge in [-0.15, -0.1) is 0 Å². The fourth-order valence-corrected chi connectivity index (χ4v) is 3.60. The average Bonchev–Trinajstić information content (AvgIpc) is 3.29. The highest BCUT2D eigenvalue weighted by Crippen LogP contribution is 2.35. The predicted octanol–water partition coefficient (Wildman–Crippen LogP) is -2.77. The first-order valence-electron chi connectivity index (χ1n) is 10.5. The van der Waals surface area contributed by atoms with Gasteiger partial charge in [0.2, 0.25) is 6.29 Å². The van der Waals surface area contributed by atoms with Crippen molar-refractivity contribution in [3.05, 3.63) is 45.5 Å². The summed E-state index contributed by atoms with van der Waals surface area (Å²) in [6.45, 7) is -0.578. The lowest BCUT2D eigenvalue weighted by Gasteiger charge is -2.16. The zero-order chi connectivity index (χ0) is 28.3. The number of carbonyl (C=O) groups is 1. The number of carbonyl (C=O) groups excluding carboxylic acids is 1. The average molecular weight is 568 g/mol. The van der Waals surface area contributed by atoms with E-state index in [4.69, 9.17) is 35.8 Å². The van der Waals surface area contributed by atoms with E-state index in [-0.39, 0.29) is 11.6 Å². The van der Waals surface area contributed by atoms with Crippen LogP contribution in [0.2, 0.25) is 0 Å². The van der Waals surface area contributed by atoms with E-state index in [1.54, 1.807) is 0 Å². The molecule has 0 spiro atoms. The lowest BCUT2D eigenvalue weighted by atomic mass is 10.1. The van der Waals surface area contributed by atoms with Crippen molar-refractivity contribution < 1.29 is 52.9 Å². The van der Waals surface area contributed by atoms with Gasteiger partial charge in [0.15, 0.2) is 24.8 Å². The predicted molar refractivity (Wildman–Crippen MR) is 120 cm³/mol. The van der Waals surface area contributed by atoms with Crippen LogP contribution >= 0.6 is 8.38 Å². The summed E-state index contributed by atoms with van der Waals surface area (Å²) in [4.78, 5) is 58.1. The Bertz CT molecular complexity index is 1250. The van der Waals surface area contributed by atoms with E-state index in [9.17, 15) is 33.4 Å². The third kappa shape index (κ3) is 6.27. The van der Waals surface area contributed by atoms with Crippen LogP contribution in [0.1, 0.15) is 12.5 Å². The van der Waals surface area contributed by atoms with Crippen molar-refractivity contribution in [1.29, 1.82) is 0 Å². The van der Waals surface area contributed by atoms with Crippen LogP contribution in [0, 0.1) is 0 Å².